The van der Waals surface area contributed by atoms with Crippen molar-refractivity contribution in [2.45, 2.75) is 0 Å². The molecule has 0 aliphatic rings. The Hall–Kier alpha value is -12.4. The van der Waals surface area contributed by atoms with Gasteiger partial charge in [-0.2, -0.15) is 0 Å². The SMILES string of the molecule is [C-]#[N+]c1cc(-n2c3ccccc3c3cc(-c4nc(-c5ccccc5)nc(-c5ccccc5)n4)ccc32)c(-n2c3ccccc3c3cc(-c4nc(-c5ccccc5)nc(-c5ccccc5)n4)ccc32)cc1-c1nc(-c2ccccc2)cc(-c2ccccc2)n1. The first-order valence-corrected chi connectivity index (χ1v) is 28.9. The van der Waals surface area contributed by atoms with Crippen LogP contribution in [-0.4, -0.2) is 49.0 Å². The van der Waals surface area contributed by atoms with Gasteiger partial charge in [0.25, 0.3) is 0 Å². The van der Waals surface area contributed by atoms with Crippen LogP contribution in [0.3, 0.4) is 0 Å². The third-order valence-electron chi connectivity index (χ3n) is 16.1. The fourth-order valence-corrected chi connectivity index (χ4v) is 11.9. The molecule has 0 unspecified atom stereocenters. The van der Waals surface area contributed by atoms with Crippen molar-refractivity contribution in [2.75, 3.05) is 0 Å². The van der Waals surface area contributed by atoms with Crippen molar-refractivity contribution in [3.05, 3.63) is 297 Å². The molecule has 11 nitrogen and oxygen atoms in total. The van der Waals surface area contributed by atoms with E-state index in [0.29, 0.717) is 52.0 Å². The number of aromatic nitrogens is 10. The molecule has 0 atom stereocenters. The van der Waals surface area contributed by atoms with Gasteiger partial charge in [-0.05, 0) is 66.7 Å². The lowest BCUT2D eigenvalue weighted by atomic mass is 10.0. The predicted octanol–water partition coefficient (Wildman–Crippen LogP) is 18.6. The summed E-state index contributed by atoms with van der Waals surface area (Å²) in [5.41, 5.74) is 14.9. The van der Waals surface area contributed by atoms with Gasteiger partial charge in [-0.15, -0.1) is 0 Å². The molecule has 0 saturated carbocycles. The summed E-state index contributed by atoms with van der Waals surface area (Å²) in [5, 5.41) is 4.00. The predicted molar refractivity (Wildman–Crippen MR) is 353 cm³/mol. The molecule has 410 valence electrons. The molecule has 88 heavy (non-hydrogen) atoms. The first-order valence-electron chi connectivity index (χ1n) is 28.9. The third-order valence-corrected chi connectivity index (χ3v) is 16.1. The molecule has 11 aromatic carbocycles. The van der Waals surface area contributed by atoms with Gasteiger partial charge >= 0.3 is 0 Å². The van der Waals surface area contributed by atoms with Crippen LogP contribution >= 0.6 is 0 Å². The molecule has 0 radical (unpaired) electrons. The number of nitrogens with zero attached hydrogens (tertiary/aromatic N) is 11. The van der Waals surface area contributed by atoms with Gasteiger partial charge in [0.15, 0.2) is 40.6 Å². The molecule has 5 heterocycles. The van der Waals surface area contributed by atoms with Crippen molar-refractivity contribution in [2.24, 2.45) is 0 Å². The van der Waals surface area contributed by atoms with E-state index in [1.54, 1.807) is 0 Å². The molecule has 0 aliphatic carbocycles. The fraction of sp³-hybridized carbons (Fsp3) is 0. The fourth-order valence-electron chi connectivity index (χ4n) is 11.9. The molecule has 0 bridgehead atoms. The highest BCUT2D eigenvalue weighted by atomic mass is 15.1. The molecule has 0 amide bonds. The molecular weight excluding hydrogens is 1080 g/mol. The van der Waals surface area contributed by atoms with Crippen molar-refractivity contribution in [3.8, 4) is 114 Å². The van der Waals surface area contributed by atoms with Crippen molar-refractivity contribution in [1.29, 1.82) is 0 Å². The average Bonchev–Trinajstić information content (AvgIpc) is 1.67. The van der Waals surface area contributed by atoms with E-state index in [-0.39, 0.29) is 0 Å². The number of fused-ring (bicyclic) bond motifs is 6. The molecule has 0 N–H and O–H groups in total. The van der Waals surface area contributed by atoms with Gasteiger partial charge in [0.2, 0.25) is 0 Å². The Kier molecular flexibility index (Phi) is 12.6. The van der Waals surface area contributed by atoms with Gasteiger partial charge in [-0.1, -0.05) is 218 Å². The summed E-state index contributed by atoms with van der Waals surface area (Å²) in [6.45, 7) is 9.07. The van der Waals surface area contributed by atoms with Gasteiger partial charge < -0.3 is 9.13 Å². The van der Waals surface area contributed by atoms with Crippen LogP contribution in [0.2, 0.25) is 0 Å². The number of hydrogen-bond acceptors (Lipinski definition) is 8. The van der Waals surface area contributed by atoms with Crippen LogP contribution in [0.5, 0.6) is 0 Å². The number of benzene rings is 11. The summed E-state index contributed by atoms with van der Waals surface area (Å²) >= 11 is 0. The largest absolute Gasteiger partial charge is 0.308 e. The Bertz CT molecular complexity index is 5200. The van der Waals surface area contributed by atoms with Crippen LogP contribution < -0.4 is 0 Å². The summed E-state index contributed by atoms with van der Waals surface area (Å²) in [4.78, 5) is 45.6. The number of rotatable bonds is 11. The number of hydrogen-bond donors (Lipinski definition) is 0. The second kappa shape index (κ2) is 21.7. The maximum Gasteiger partial charge on any atom is 0.200 e. The monoisotopic (exact) mass is 1130 g/mol. The van der Waals surface area contributed by atoms with Gasteiger partial charge in [0.05, 0.1) is 51.4 Å². The van der Waals surface area contributed by atoms with Gasteiger partial charge in [-0.3, -0.25) is 0 Å². The Morgan fingerprint density at radius 2 is 0.545 bits per heavy atom. The molecule has 5 aromatic heterocycles. The molecule has 16 rings (SSSR count). The third kappa shape index (κ3) is 9.18. The second-order valence-electron chi connectivity index (χ2n) is 21.4. The normalized spacial score (nSPS) is 11.4. The molecule has 0 saturated heterocycles. The van der Waals surface area contributed by atoms with E-state index >= 15 is 0 Å². The maximum absolute atomic E-state index is 9.07. The lowest BCUT2D eigenvalue weighted by Crippen LogP contribution is -2.05. The minimum absolute atomic E-state index is 0.388. The van der Waals surface area contributed by atoms with Crippen LogP contribution in [0.25, 0.3) is 162 Å². The van der Waals surface area contributed by atoms with Gasteiger partial charge in [0, 0.05) is 71.6 Å². The molecular formula is C77H47N11. The summed E-state index contributed by atoms with van der Waals surface area (Å²) in [5.74, 6) is 3.85. The van der Waals surface area contributed by atoms with Crippen LogP contribution in [0.1, 0.15) is 0 Å². The van der Waals surface area contributed by atoms with E-state index in [1.165, 1.54) is 0 Å². The van der Waals surface area contributed by atoms with E-state index in [2.05, 4.69) is 129 Å². The van der Waals surface area contributed by atoms with Crippen LogP contribution in [0.4, 0.5) is 5.69 Å². The van der Waals surface area contributed by atoms with Crippen LogP contribution in [0.15, 0.2) is 285 Å². The smallest absolute Gasteiger partial charge is 0.200 e. The minimum atomic E-state index is 0.388. The van der Waals surface area contributed by atoms with E-state index in [4.69, 9.17) is 46.4 Å². The summed E-state index contributed by atoms with van der Waals surface area (Å²) in [6.07, 6.45) is 0. The first kappa shape index (κ1) is 51.3. The maximum atomic E-state index is 9.07. The average molecular weight is 1130 g/mol. The highest BCUT2D eigenvalue weighted by molar-refractivity contribution is 6.13. The van der Waals surface area contributed by atoms with Crippen molar-refractivity contribution < 1.29 is 0 Å². The van der Waals surface area contributed by atoms with Crippen LogP contribution in [-0.2, 0) is 0 Å². The highest BCUT2D eigenvalue weighted by Crippen LogP contribution is 2.45. The van der Waals surface area contributed by atoms with E-state index in [1.807, 2.05) is 170 Å². The summed E-state index contributed by atoms with van der Waals surface area (Å²) in [7, 11) is 0. The second-order valence-corrected chi connectivity index (χ2v) is 21.4. The highest BCUT2D eigenvalue weighted by Gasteiger charge is 2.26. The van der Waals surface area contributed by atoms with Crippen molar-refractivity contribution in [1.82, 2.24) is 49.0 Å². The van der Waals surface area contributed by atoms with Gasteiger partial charge in [0.1, 0.15) is 5.82 Å². The number of para-hydroxylation sites is 2. The zero-order chi connectivity index (χ0) is 58.5. The lowest BCUT2D eigenvalue weighted by Gasteiger charge is -2.20. The summed E-state index contributed by atoms with van der Waals surface area (Å²) in [6, 6.07) is 96.3. The standard InChI is InChI=1S/C77H47N11/c1-78-64-48-70(88-66-39-23-21-37-58(66)60-45-56(41-43-68(60)88)76-85-73(53-32-16-6-17-33-53)82-74(86-76)54-34-18-7-19-35-54)69(46-61(64)77-79-62(49-24-8-2-9-25-49)47-63(80-77)50-26-10-3-11-27-50)87-65-38-22-20-36-57(65)59-44-55(40-42-67(59)87)75-83-71(51-28-12-4-13-29-51)81-72(84-75)52-30-14-5-15-31-52/h2-48H. The van der Waals surface area contributed by atoms with Gasteiger partial charge in [-0.25, -0.2) is 44.7 Å². The Morgan fingerprint density at radius 1 is 0.239 bits per heavy atom. The zero-order valence-corrected chi connectivity index (χ0v) is 47.1. The summed E-state index contributed by atoms with van der Waals surface area (Å²) < 4.78 is 4.60. The molecule has 16 aromatic rings. The molecule has 0 spiro atoms. The lowest BCUT2D eigenvalue weighted by molar-refractivity contribution is 1.07. The van der Waals surface area contributed by atoms with Crippen molar-refractivity contribution >= 4 is 49.3 Å². The van der Waals surface area contributed by atoms with E-state index in [9.17, 15) is 0 Å². The van der Waals surface area contributed by atoms with E-state index < -0.39 is 0 Å². The Labute approximate surface area is 505 Å². The quantitative estimate of drug-likeness (QED) is 0.118. The van der Waals surface area contributed by atoms with Crippen LogP contribution in [0, 0.1) is 6.57 Å². The Balaban J connectivity index is 0.953. The molecule has 0 fully saturated rings. The molecule has 0 aliphatic heterocycles. The first-order chi connectivity index (χ1) is 43.6. The van der Waals surface area contributed by atoms with E-state index in [0.717, 1.165) is 111 Å². The van der Waals surface area contributed by atoms with Crippen molar-refractivity contribution in [3.63, 3.8) is 0 Å². The molecule has 11 heteroatoms. The minimum Gasteiger partial charge on any atom is -0.308 e. The Morgan fingerprint density at radius 3 is 0.909 bits per heavy atom. The zero-order valence-electron chi connectivity index (χ0n) is 47.1. The topological polar surface area (TPSA) is 117 Å².